The molecule has 1 aliphatic heterocycles. The number of hydrogen-bond acceptors (Lipinski definition) is 5. The summed E-state index contributed by atoms with van der Waals surface area (Å²) in [4.78, 5) is 0. The minimum atomic E-state index is -3.09. The third-order valence-corrected chi connectivity index (χ3v) is 4.86. The number of sulfonamides is 1. The molecule has 2 heterocycles. The number of aromatic nitrogens is 2. The van der Waals surface area contributed by atoms with Crippen LogP contribution in [0.15, 0.2) is 12.1 Å². The molecule has 0 amide bonds. The summed E-state index contributed by atoms with van der Waals surface area (Å²) in [5.41, 5.74) is 0.881. The highest BCUT2D eigenvalue weighted by atomic mass is 32.2. The van der Waals surface area contributed by atoms with E-state index in [4.69, 9.17) is 4.74 Å². The normalized spacial score (nSPS) is 20.7. The average molecular weight is 313 g/mol. The standard InChI is InChI=1S/C14H23N3O3S/c1-14(2,3)12-5-6-13(16-15-12)20-10-11-7-8-17(9-11)21(4,18)19/h5-6,11H,7-10H2,1-4H3. The Balaban J connectivity index is 1.87. The maximum Gasteiger partial charge on any atom is 0.233 e. The van der Waals surface area contributed by atoms with Crippen LogP contribution in [0.5, 0.6) is 5.88 Å². The molecule has 1 unspecified atom stereocenters. The van der Waals surface area contributed by atoms with Crippen LogP contribution in [0, 0.1) is 5.92 Å². The van der Waals surface area contributed by atoms with Crippen LogP contribution in [0.3, 0.4) is 0 Å². The molecule has 1 aromatic rings. The second-order valence-corrected chi connectivity index (χ2v) is 8.58. The van der Waals surface area contributed by atoms with Crippen LogP contribution in [0.1, 0.15) is 32.9 Å². The van der Waals surface area contributed by atoms with E-state index in [1.54, 1.807) is 0 Å². The predicted octanol–water partition coefficient (Wildman–Crippen LogP) is 1.43. The molecule has 2 rings (SSSR count). The van der Waals surface area contributed by atoms with E-state index in [1.165, 1.54) is 10.6 Å². The first kappa shape index (κ1) is 16.2. The fourth-order valence-corrected chi connectivity index (χ4v) is 3.15. The summed E-state index contributed by atoms with van der Waals surface area (Å²) in [7, 11) is -3.09. The third kappa shape index (κ3) is 4.38. The van der Waals surface area contributed by atoms with Gasteiger partial charge >= 0.3 is 0 Å². The van der Waals surface area contributed by atoms with Crippen molar-refractivity contribution in [3.05, 3.63) is 17.8 Å². The summed E-state index contributed by atoms with van der Waals surface area (Å²) in [6, 6.07) is 3.73. The fourth-order valence-electron chi connectivity index (χ4n) is 2.23. The van der Waals surface area contributed by atoms with Gasteiger partial charge in [-0.05, 0) is 12.5 Å². The molecular formula is C14H23N3O3S. The van der Waals surface area contributed by atoms with Crippen LogP contribution in [0.25, 0.3) is 0 Å². The van der Waals surface area contributed by atoms with Gasteiger partial charge in [-0.25, -0.2) is 12.7 Å². The Kier molecular flexibility index (Phi) is 4.53. The summed E-state index contributed by atoms with van der Waals surface area (Å²) in [5.74, 6) is 0.699. The molecule has 0 saturated carbocycles. The molecule has 1 aromatic heterocycles. The maximum absolute atomic E-state index is 11.4. The van der Waals surface area contributed by atoms with Crippen LogP contribution >= 0.6 is 0 Å². The molecular weight excluding hydrogens is 290 g/mol. The zero-order valence-corrected chi connectivity index (χ0v) is 13.9. The van der Waals surface area contributed by atoms with Crippen molar-refractivity contribution in [3.8, 4) is 5.88 Å². The van der Waals surface area contributed by atoms with E-state index >= 15 is 0 Å². The molecule has 0 aromatic carbocycles. The largest absolute Gasteiger partial charge is 0.476 e. The van der Waals surface area contributed by atoms with Gasteiger partial charge in [-0.3, -0.25) is 0 Å². The lowest BCUT2D eigenvalue weighted by atomic mass is 9.92. The van der Waals surface area contributed by atoms with Crippen LogP contribution in [-0.2, 0) is 15.4 Å². The number of nitrogens with zero attached hydrogens (tertiary/aromatic N) is 3. The molecule has 0 radical (unpaired) electrons. The Morgan fingerprint density at radius 2 is 2.05 bits per heavy atom. The van der Waals surface area contributed by atoms with Crippen molar-refractivity contribution in [2.75, 3.05) is 26.0 Å². The molecule has 0 spiro atoms. The van der Waals surface area contributed by atoms with E-state index < -0.39 is 10.0 Å². The summed E-state index contributed by atoms with van der Waals surface area (Å²) in [6.45, 7) is 7.80. The summed E-state index contributed by atoms with van der Waals surface area (Å²) < 4.78 is 30.0. The first-order valence-corrected chi connectivity index (χ1v) is 8.93. The van der Waals surface area contributed by atoms with E-state index in [0.717, 1.165) is 12.1 Å². The van der Waals surface area contributed by atoms with Crippen molar-refractivity contribution in [2.45, 2.75) is 32.6 Å². The van der Waals surface area contributed by atoms with E-state index in [-0.39, 0.29) is 11.3 Å². The molecule has 0 bridgehead atoms. The molecule has 21 heavy (non-hydrogen) atoms. The van der Waals surface area contributed by atoms with Crippen LogP contribution in [0.2, 0.25) is 0 Å². The highest BCUT2D eigenvalue weighted by Gasteiger charge is 2.29. The SMILES string of the molecule is CC(C)(C)c1ccc(OCC2CCN(S(C)(=O)=O)C2)nn1. The lowest BCUT2D eigenvalue weighted by Crippen LogP contribution is -2.28. The van der Waals surface area contributed by atoms with Crippen molar-refractivity contribution >= 4 is 10.0 Å². The van der Waals surface area contributed by atoms with E-state index in [2.05, 4.69) is 31.0 Å². The number of hydrogen-bond donors (Lipinski definition) is 0. The molecule has 118 valence electrons. The zero-order valence-electron chi connectivity index (χ0n) is 13.0. The van der Waals surface area contributed by atoms with E-state index in [9.17, 15) is 8.42 Å². The Labute approximate surface area is 126 Å². The third-order valence-electron chi connectivity index (χ3n) is 3.59. The van der Waals surface area contributed by atoms with Crippen molar-refractivity contribution in [1.82, 2.24) is 14.5 Å². The molecule has 0 aliphatic carbocycles. The summed E-state index contributed by atoms with van der Waals surface area (Å²) >= 11 is 0. The molecule has 0 N–H and O–H groups in total. The first-order chi connectivity index (χ1) is 9.66. The van der Waals surface area contributed by atoms with Crippen molar-refractivity contribution < 1.29 is 13.2 Å². The second kappa shape index (κ2) is 5.88. The fraction of sp³-hybridized carbons (Fsp3) is 0.714. The van der Waals surface area contributed by atoms with Gasteiger partial charge in [-0.15, -0.1) is 5.10 Å². The highest BCUT2D eigenvalue weighted by molar-refractivity contribution is 7.88. The van der Waals surface area contributed by atoms with Gasteiger partial charge in [0.15, 0.2) is 0 Å². The molecule has 1 fully saturated rings. The maximum atomic E-state index is 11.4. The topological polar surface area (TPSA) is 72.4 Å². The Bertz CT molecular complexity index is 578. The smallest absolute Gasteiger partial charge is 0.233 e. The monoisotopic (exact) mass is 313 g/mol. The first-order valence-electron chi connectivity index (χ1n) is 7.08. The average Bonchev–Trinajstić information content (AvgIpc) is 2.84. The van der Waals surface area contributed by atoms with Gasteiger partial charge in [0.05, 0.1) is 18.6 Å². The Morgan fingerprint density at radius 3 is 2.52 bits per heavy atom. The molecule has 1 aliphatic rings. The second-order valence-electron chi connectivity index (χ2n) is 6.59. The molecule has 1 saturated heterocycles. The van der Waals surface area contributed by atoms with Gasteiger partial charge in [0, 0.05) is 30.5 Å². The lowest BCUT2D eigenvalue weighted by molar-refractivity contribution is 0.243. The van der Waals surface area contributed by atoms with Crippen LogP contribution < -0.4 is 4.74 Å². The van der Waals surface area contributed by atoms with Crippen molar-refractivity contribution in [3.63, 3.8) is 0 Å². The highest BCUT2D eigenvalue weighted by Crippen LogP contribution is 2.22. The van der Waals surface area contributed by atoms with Gasteiger partial charge in [0.2, 0.25) is 15.9 Å². The zero-order chi connectivity index (χ0) is 15.7. The van der Waals surface area contributed by atoms with Gasteiger partial charge < -0.3 is 4.74 Å². The van der Waals surface area contributed by atoms with Gasteiger partial charge in [-0.2, -0.15) is 5.10 Å². The quantitative estimate of drug-likeness (QED) is 0.841. The minimum Gasteiger partial charge on any atom is -0.476 e. The minimum absolute atomic E-state index is 0.0348. The van der Waals surface area contributed by atoms with Crippen LogP contribution in [0.4, 0.5) is 0 Å². The van der Waals surface area contributed by atoms with Gasteiger partial charge in [-0.1, -0.05) is 20.8 Å². The summed E-state index contributed by atoms with van der Waals surface area (Å²) in [6.07, 6.45) is 2.06. The Hall–Kier alpha value is -1.21. The molecule has 6 nitrogen and oxygen atoms in total. The molecule has 1 atom stereocenters. The Morgan fingerprint density at radius 1 is 1.33 bits per heavy atom. The van der Waals surface area contributed by atoms with E-state index in [0.29, 0.717) is 25.6 Å². The van der Waals surface area contributed by atoms with Crippen molar-refractivity contribution in [1.29, 1.82) is 0 Å². The van der Waals surface area contributed by atoms with E-state index in [1.807, 2.05) is 12.1 Å². The lowest BCUT2D eigenvalue weighted by Gasteiger charge is -2.17. The van der Waals surface area contributed by atoms with Gasteiger partial charge in [0.1, 0.15) is 0 Å². The van der Waals surface area contributed by atoms with Crippen LogP contribution in [-0.4, -0.2) is 48.9 Å². The summed E-state index contributed by atoms with van der Waals surface area (Å²) in [5, 5.41) is 8.24. The van der Waals surface area contributed by atoms with Crippen molar-refractivity contribution in [2.24, 2.45) is 5.92 Å². The number of rotatable bonds is 4. The van der Waals surface area contributed by atoms with Gasteiger partial charge in [0.25, 0.3) is 0 Å². The predicted molar refractivity (Wildman–Crippen MR) is 80.8 cm³/mol. The number of ether oxygens (including phenoxy) is 1. The molecule has 7 heteroatoms.